The van der Waals surface area contributed by atoms with Crippen molar-refractivity contribution in [1.29, 1.82) is 0 Å². The van der Waals surface area contributed by atoms with E-state index >= 15 is 0 Å². The summed E-state index contributed by atoms with van der Waals surface area (Å²) in [7, 11) is 1.86. The molecular weight excluding hydrogens is 244 g/mol. The van der Waals surface area contributed by atoms with E-state index in [0.717, 1.165) is 18.7 Å². The van der Waals surface area contributed by atoms with Crippen LogP contribution < -0.4 is 5.32 Å². The van der Waals surface area contributed by atoms with Crippen molar-refractivity contribution in [3.8, 4) is 0 Å². The number of rotatable bonds is 7. The molecule has 0 unspecified atom stereocenters. The van der Waals surface area contributed by atoms with E-state index < -0.39 is 0 Å². The first-order chi connectivity index (χ1) is 9.72. The SMILES string of the molecule is C=C/C=C(\N=CC/C(=C\CC)c1ccccc1C)NC. The van der Waals surface area contributed by atoms with E-state index in [9.17, 15) is 0 Å². The first-order valence-corrected chi connectivity index (χ1v) is 7.01. The maximum atomic E-state index is 4.42. The first kappa shape index (κ1) is 16.0. The van der Waals surface area contributed by atoms with Crippen molar-refractivity contribution in [3.63, 3.8) is 0 Å². The fourth-order valence-electron chi connectivity index (χ4n) is 2.03. The molecule has 1 aromatic carbocycles. The zero-order chi connectivity index (χ0) is 14.8. The normalized spacial score (nSPS) is 12.8. The van der Waals surface area contributed by atoms with Crippen LogP contribution in [-0.2, 0) is 0 Å². The third kappa shape index (κ3) is 4.88. The lowest BCUT2D eigenvalue weighted by Crippen LogP contribution is -2.03. The smallest absolute Gasteiger partial charge is 0.125 e. The van der Waals surface area contributed by atoms with Gasteiger partial charge in [-0.15, -0.1) is 0 Å². The monoisotopic (exact) mass is 268 g/mol. The lowest BCUT2D eigenvalue weighted by molar-refractivity contribution is 0.967. The van der Waals surface area contributed by atoms with E-state index in [-0.39, 0.29) is 0 Å². The van der Waals surface area contributed by atoms with Crippen LogP contribution in [0.3, 0.4) is 0 Å². The second kappa shape index (κ2) is 8.92. The van der Waals surface area contributed by atoms with E-state index in [2.05, 4.69) is 61.1 Å². The molecule has 0 fully saturated rings. The quantitative estimate of drug-likeness (QED) is 0.571. The van der Waals surface area contributed by atoms with Crippen LogP contribution >= 0.6 is 0 Å². The zero-order valence-corrected chi connectivity index (χ0v) is 12.7. The highest BCUT2D eigenvalue weighted by Gasteiger charge is 2.02. The second-order valence-corrected chi connectivity index (χ2v) is 4.51. The molecule has 106 valence electrons. The van der Waals surface area contributed by atoms with Crippen LogP contribution in [0.25, 0.3) is 5.57 Å². The van der Waals surface area contributed by atoms with Gasteiger partial charge in [-0.25, -0.2) is 4.99 Å². The Kier molecular flexibility index (Phi) is 7.12. The standard InChI is InChI=1S/C18H24N2/c1-5-9-16(17-12-8-7-11-15(17)3)13-14-20-18(19-4)10-6-2/h6-12,14,19H,2,5,13H2,1,3-4H3/b16-9+,18-10-,20-14?. The van der Waals surface area contributed by atoms with Crippen LogP contribution in [0.4, 0.5) is 0 Å². The number of aliphatic imine (C=N–C) groups is 1. The molecule has 0 aromatic heterocycles. The topological polar surface area (TPSA) is 24.4 Å². The van der Waals surface area contributed by atoms with Gasteiger partial charge in [-0.2, -0.15) is 0 Å². The Balaban J connectivity index is 2.88. The molecule has 0 amide bonds. The van der Waals surface area contributed by atoms with Crippen molar-refractivity contribution in [2.45, 2.75) is 26.7 Å². The molecule has 0 bridgehead atoms. The number of nitrogens with zero attached hydrogens (tertiary/aromatic N) is 1. The van der Waals surface area contributed by atoms with Crippen LogP contribution in [0.5, 0.6) is 0 Å². The number of benzene rings is 1. The molecule has 0 saturated heterocycles. The highest BCUT2D eigenvalue weighted by molar-refractivity contribution is 5.81. The number of aryl methyl sites for hydroxylation is 1. The molecule has 0 heterocycles. The molecule has 0 aliphatic rings. The van der Waals surface area contributed by atoms with Gasteiger partial charge >= 0.3 is 0 Å². The molecule has 2 heteroatoms. The number of nitrogens with one attached hydrogen (secondary N) is 1. The summed E-state index contributed by atoms with van der Waals surface area (Å²) in [5, 5.41) is 3.03. The number of hydrogen-bond acceptors (Lipinski definition) is 2. The van der Waals surface area contributed by atoms with Crippen molar-refractivity contribution >= 4 is 11.8 Å². The molecule has 0 aliphatic carbocycles. The molecule has 0 spiro atoms. The molecule has 0 atom stereocenters. The number of allylic oxidation sites excluding steroid dienone is 4. The largest absolute Gasteiger partial charge is 0.373 e. The molecule has 0 aliphatic heterocycles. The minimum atomic E-state index is 0.820. The Bertz CT molecular complexity index is 522. The van der Waals surface area contributed by atoms with Crippen molar-refractivity contribution in [1.82, 2.24) is 5.32 Å². The van der Waals surface area contributed by atoms with Gasteiger partial charge in [-0.3, -0.25) is 0 Å². The van der Waals surface area contributed by atoms with E-state index in [1.165, 1.54) is 16.7 Å². The van der Waals surface area contributed by atoms with Crippen LogP contribution in [0, 0.1) is 6.92 Å². The highest BCUT2D eigenvalue weighted by atomic mass is 15.0. The average molecular weight is 268 g/mol. The summed E-state index contributed by atoms with van der Waals surface area (Å²) in [6.45, 7) is 7.98. The maximum Gasteiger partial charge on any atom is 0.125 e. The summed E-state index contributed by atoms with van der Waals surface area (Å²) in [6, 6.07) is 8.47. The van der Waals surface area contributed by atoms with Crippen molar-refractivity contribution in [3.05, 3.63) is 66.0 Å². The summed E-state index contributed by atoms with van der Waals surface area (Å²) in [5.74, 6) is 0.820. The minimum absolute atomic E-state index is 0.820. The van der Waals surface area contributed by atoms with Gasteiger partial charge in [0.25, 0.3) is 0 Å². The Hall–Kier alpha value is -2.09. The van der Waals surface area contributed by atoms with Crippen LogP contribution in [0.2, 0.25) is 0 Å². The van der Waals surface area contributed by atoms with Crippen LogP contribution in [-0.4, -0.2) is 13.3 Å². The lowest BCUT2D eigenvalue weighted by Gasteiger charge is -2.08. The summed E-state index contributed by atoms with van der Waals surface area (Å²) in [6.07, 6.45) is 9.65. The first-order valence-electron chi connectivity index (χ1n) is 7.01. The Morgan fingerprint density at radius 3 is 2.70 bits per heavy atom. The third-order valence-corrected chi connectivity index (χ3v) is 3.01. The Morgan fingerprint density at radius 2 is 2.10 bits per heavy atom. The molecule has 20 heavy (non-hydrogen) atoms. The molecule has 0 radical (unpaired) electrons. The minimum Gasteiger partial charge on any atom is -0.373 e. The van der Waals surface area contributed by atoms with Crippen molar-refractivity contribution in [2.24, 2.45) is 4.99 Å². The van der Waals surface area contributed by atoms with Crippen molar-refractivity contribution < 1.29 is 0 Å². The lowest BCUT2D eigenvalue weighted by atomic mass is 9.98. The summed E-state index contributed by atoms with van der Waals surface area (Å²) < 4.78 is 0. The van der Waals surface area contributed by atoms with Gasteiger partial charge in [0.15, 0.2) is 0 Å². The van der Waals surface area contributed by atoms with Gasteiger partial charge in [0.2, 0.25) is 0 Å². The molecule has 1 aromatic rings. The Labute approximate surface area is 122 Å². The predicted octanol–water partition coefficient (Wildman–Crippen LogP) is 4.50. The second-order valence-electron chi connectivity index (χ2n) is 4.51. The molecule has 1 rings (SSSR count). The van der Waals surface area contributed by atoms with Crippen LogP contribution in [0.1, 0.15) is 30.9 Å². The van der Waals surface area contributed by atoms with E-state index in [0.29, 0.717) is 0 Å². The van der Waals surface area contributed by atoms with Crippen LogP contribution in [0.15, 0.2) is 59.9 Å². The summed E-state index contributed by atoms with van der Waals surface area (Å²) in [5.41, 5.74) is 3.93. The summed E-state index contributed by atoms with van der Waals surface area (Å²) >= 11 is 0. The maximum absolute atomic E-state index is 4.42. The van der Waals surface area contributed by atoms with Gasteiger partial charge in [0.05, 0.1) is 0 Å². The number of hydrogen-bond donors (Lipinski definition) is 1. The van der Waals surface area contributed by atoms with E-state index in [4.69, 9.17) is 0 Å². The van der Waals surface area contributed by atoms with Gasteiger partial charge in [0.1, 0.15) is 5.82 Å². The fourth-order valence-corrected chi connectivity index (χ4v) is 2.03. The van der Waals surface area contributed by atoms with Gasteiger partial charge in [0, 0.05) is 19.7 Å². The van der Waals surface area contributed by atoms with Gasteiger partial charge in [-0.05, 0) is 36.1 Å². The molecule has 2 nitrogen and oxygen atoms in total. The molecule has 1 N–H and O–H groups in total. The van der Waals surface area contributed by atoms with Crippen molar-refractivity contribution in [2.75, 3.05) is 7.05 Å². The molecular formula is C18H24N2. The van der Waals surface area contributed by atoms with Gasteiger partial charge < -0.3 is 5.32 Å². The third-order valence-electron chi connectivity index (χ3n) is 3.01. The molecule has 0 saturated carbocycles. The predicted molar refractivity (Wildman–Crippen MR) is 89.9 cm³/mol. The highest BCUT2D eigenvalue weighted by Crippen LogP contribution is 2.21. The van der Waals surface area contributed by atoms with Gasteiger partial charge in [-0.1, -0.05) is 49.9 Å². The fraction of sp³-hybridized carbons (Fsp3) is 0.278. The zero-order valence-electron chi connectivity index (χ0n) is 12.7. The average Bonchev–Trinajstić information content (AvgIpc) is 2.46. The van der Waals surface area contributed by atoms with E-state index in [1.54, 1.807) is 6.08 Å². The summed E-state index contributed by atoms with van der Waals surface area (Å²) in [4.78, 5) is 4.42. The van der Waals surface area contributed by atoms with E-state index in [1.807, 2.05) is 19.3 Å². The Morgan fingerprint density at radius 1 is 1.35 bits per heavy atom.